The van der Waals surface area contributed by atoms with Crippen LogP contribution in [0.2, 0.25) is 0 Å². The van der Waals surface area contributed by atoms with Crippen LogP contribution in [0.5, 0.6) is 5.75 Å². The lowest BCUT2D eigenvalue weighted by Gasteiger charge is -2.46. The highest BCUT2D eigenvalue weighted by Crippen LogP contribution is 2.46. The van der Waals surface area contributed by atoms with Crippen LogP contribution in [0, 0.1) is 0 Å². The second kappa shape index (κ2) is 7.17. The van der Waals surface area contributed by atoms with E-state index in [-0.39, 0.29) is 24.0 Å². The molecule has 0 radical (unpaired) electrons. The number of hydrogen-bond donors (Lipinski definition) is 3. The maximum absolute atomic E-state index is 12.3. The number of nitrogens with one attached hydrogen (secondary N) is 2. The molecule has 1 fully saturated rings. The number of aromatic amines is 1. The number of carbonyl (C=O) groups excluding carboxylic acids is 1. The van der Waals surface area contributed by atoms with Crippen LogP contribution in [0.25, 0.3) is 10.9 Å². The quantitative estimate of drug-likeness (QED) is 0.772. The molecule has 1 aromatic heterocycles. The van der Waals surface area contributed by atoms with E-state index in [0.29, 0.717) is 6.42 Å². The third-order valence-electron chi connectivity index (χ3n) is 6.32. The Hall–Kier alpha value is -2.05. The summed E-state index contributed by atoms with van der Waals surface area (Å²) in [6.07, 6.45) is 3.42. The van der Waals surface area contributed by atoms with Gasteiger partial charge >= 0.3 is 0 Å². The molecule has 4 rings (SSSR count). The van der Waals surface area contributed by atoms with Gasteiger partial charge in [-0.05, 0) is 37.0 Å². The van der Waals surface area contributed by atoms with Crippen LogP contribution < -0.4 is 10.1 Å². The van der Waals surface area contributed by atoms with Gasteiger partial charge < -0.3 is 25.0 Å². The number of aliphatic hydroxyl groups excluding tert-OH is 1. The third kappa shape index (κ3) is 3.01. The van der Waals surface area contributed by atoms with E-state index in [9.17, 15) is 9.90 Å². The zero-order chi connectivity index (χ0) is 19.0. The zero-order valence-electron chi connectivity index (χ0n) is 16.2. The van der Waals surface area contributed by atoms with E-state index in [1.165, 1.54) is 10.9 Å². The standard InChI is InChI=1S/C21H29N3O3/c1-3-4-18(26)24-9-7-21(8-10-24)13-22-17(12-25)20-19(21)15-6-5-14(27-2)11-16(15)23-20/h5-6,11,17,22-23,25H,3-4,7-10,12-13H2,1-2H3/t17-/m0/s1. The molecule has 0 unspecified atom stereocenters. The summed E-state index contributed by atoms with van der Waals surface area (Å²) in [5.41, 5.74) is 3.45. The molecule has 2 aliphatic heterocycles. The van der Waals surface area contributed by atoms with Crippen LogP contribution in [0.15, 0.2) is 18.2 Å². The molecule has 0 bridgehead atoms. The minimum Gasteiger partial charge on any atom is -0.497 e. The largest absolute Gasteiger partial charge is 0.497 e. The number of amides is 1. The number of H-pyrrole nitrogens is 1. The van der Waals surface area contributed by atoms with Crippen molar-refractivity contribution in [1.82, 2.24) is 15.2 Å². The van der Waals surface area contributed by atoms with Crippen molar-refractivity contribution >= 4 is 16.8 Å². The summed E-state index contributed by atoms with van der Waals surface area (Å²) >= 11 is 0. The number of methoxy groups -OCH3 is 1. The van der Waals surface area contributed by atoms with Gasteiger partial charge in [0.05, 0.1) is 19.8 Å². The molecular weight excluding hydrogens is 342 g/mol. The highest BCUT2D eigenvalue weighted by atomic mass is 16.5. The number of piperidine rings is 1. The fourth-order valence-corrected chi connectivity index (χ4v) is 4.80. The molecule has 3 heterocycles. The first-order chi connectivity index (χ1) is 13.1. The average Bonchev–Trinajstić information content (AvgIpc) is 3.09. The van der Waals surface area contributed by atoms with Gasteiger partial charge in [-0.25, -0.2) is 0 Å². The zero-order valence-corrected chi connectivity index (χ0v) is 16.2. The first-order valence-electron chi connectivity index (χ1n) is 9.94. The van der Waals surface area contributed by atoms with E-state index >= 15 is 0 Å². The molecule has 1 saturated heterocycles. The molecule has 146 valence electrons. The molecule has 1 spiro atoms. The minimum absolute atomic E-state index is 0.00314. The summed E-state index contributed by atoms with van der Waals surface area (Å²) < 4.78 is 5.38. The highest BCUT2D eigenvalue weighted by molar-refractivity contribution is 5.88. The van der Waals surface area contributed by atoms with Crippen LogP contribution in [0.3, 0.4) is 0 Å². The van der Waals surface area contributed by atoms with Crippen molar-refractivity contribution in [1.29, 1.82) is 0 Å². The first-order valence-corrected chi connectivity index (χ1v) is 9.94. The Bertz CT molecular complexity index is 837. The Kier molecular flexibility index (Phi) is 4.86. The van der Waals surface area contributed by atoms with Crippen LogP contribution in [0.4, 0.5) is 0 Å². The first kappa shape index (κ1) is 18.3. The third-order valence-corrected chi connectivity index (χ3v) is 6.32. The molecule has 0 saturated carbocycles. The topological polar surface area (TPSA) is 77.6 Å². The Balaban J connectivity index is 1.72. The lowest BCUT2D eigenvalue weighted by atomic mass is 9.69. The molecule has 1 aromatic carbocycles. The molecule has 2 aromatic rings. The van der Waals surface area contributed by atoms with Gasteiger partial charge in [0.1, 0.15) is 5.75 Å². The number of hydrogen-bond acceptors (Lipinski definition) is 4. The molecule has 3 N–H and O–H groups in total. The van der Waals surface area contributed by atoms with E-state index < -0.39 is 0 Å². The number of fused-ring (bicyclic) bond motifs is 4. The predicted octanol–water partition coefficient (Wildman–Crippen LogP) is 2.47. The van der Waals surface area contributed by atoms with Gasteiger partial charge in [0, 0.05) is 54.1 Å². The highest BCUT2D eigenvalue weighted by Gasteiger charge is 2.44. The summed E-state index contributed by atoms with van der Waals surface area (Å²) in [5.74, 6) is 1.09. The van der Waals surface area contributed by atoms with Crippen molar-refractivity contribution in [2.45, 2.75) is 44.1 Å². The Morgan fingerprint density at radius 3 is 2.81 bits per heavy atom. The number of likely N-dealkylation sites (tertiary alicyclic amines) is 1. The van der Waals surface area contributed by atoms with Crippen LogP contribution in [0.1, 0.15) is 49.9 Å². The summed E-state index contributed by atoms with van der Waals surface area (Å²) in [5, 5.41) is 14.6. The smallest absolute Gasteiger partial charge is 0.222 e. The fraction of sp³-hybridized carbons (Fsp3) is 0.571. The van der Waals surface area contributed by atoms with Gasteiger partial charge in [0.2, 0.25) is 5.91 Å². The molecule has 6 nitrogen and oxygen atoms in total. The number of ether oxygens (including phenoxy) is 1. The van der Waals surface area contributed by atoms with Crippen LogP contribution in [-0.4, -0.2) is 54.2 Å². The van der Waals surface area contributed by atoms with E-state index in [2.05, 4.69) is 23.3 Å². The number of nitrogens with zero attached hydrogens (tertiary/aromatic N) is 1. The summed E-state index contributed by atoms with van der Waals surface area (Å²) in [4.78, 5) is 17.9. The maximum Gasteiger partial charge on any atom is 0.222 e. The molecule has 1 atom stereocenters. The summed E-state index contributed by atoms with van der Waals surface area (Å²) in [7, 11) is 1.67. The van der Waals surface area contributed by atoms with Crippen molar-refractivity contribution in [3.63, 3.8) is 0 Å². The monoisotopic (exact) mass is 371 g/mol. The average molecular weight is 371 g/mol. The van der Waals surface area contributed by atoms with E-state index in [1.807, 2.05) is 17.0 Å². The van der Waals surface area contributed by atoms with Crippen LogP contribution >= 0.6 is 0 Å². The number of carbonyl (C=O) groups is 1. The second-order valence-corrected chi connectivity index (χ2v) is 7.85. The van der Waals surface area contributed by atoms with Gasteiger partial charge in [0.15, 0.2) is 0 Å². The molecule has 2 aliphatic rings. The molecule has 27 heavy (non-hydrogen) atoms. The SMILES string of the molecule is CCCC(=O)N1CCC2(CC1)CN[C@@H](CO)c1[nH]c3cc(OC)ccc3c12. The number of aliphatic hydroxyl groups is 1. The van der Waals surface area contributed by atoms with Gasteiger partial charge in [-0.2, -0.15) is 0 Å². The van der Waals surface area contributed by atoms with E-state index in [0.717, 1.165) is 55.9 Å². The number of rotatable bonds is 4. The van der Waals surface area contributed by atoms with Gasteiger partial charge in [-0.1, -0.05) is 6.92 Å². The van der Waals surface area contributed by atoms with Crippen molar-refractivity contribution < 1.29 is 14.6 Å². The molecule has 0 aliphatic carbocycles. The van der Waals surface area contributed by atoms with E-state index in [1.54, 1.807) is 7.11 Å². The van der Waals surface area contributed by atoms with Crippen molar-refractivity contribution in [2.24, 2.45) is 0 Å². The summed E-state index contributed by atoms with van der Waals surface area (Å²) in [6.45, 7) is 4.54. The lowest BCUT2D eigenvalue weighted by molar-refractivity contribution is -0.132. The van der Waals surface area contributed by atoms with E-state index in [4.69, 9.17) is 4.74 Å². The number of benzene rings is 1. The number of aromatic nitrogens is 1. The van der Waals surface area contributed by atoms with Gasteiger partial charge in [-0.15, -0.1) is 0 Å². The van der Waals surface area contributed by atoms with Crippen molar-refractivity contribution in [2.75, 3.05) is 33.4 Å². The van der Waals surface area contributed by atoms with Crippen molar-refractivity contribution in [3.05, 3.63) is 29.5 Å². The summed E-state index contributed by atoms with van der Waals surface area (Å²) in [6, 6.07) is 6.07. The Morgan fingerprint density at radius 2 is 2.15 bits per heavy atom. The van der Waals surface area contributed by atoms with Crippen LogP contribution in [-0.2, 0) is 10.2 Å². The Labute approximate surface area is 159 Å². The predicted molar refractivity (Wildman–Crippen MR) is 105 cm³/mol. The minimum atomic E-state index is -0.0798. The fourth-order valence-electron chi connectivity index (χ4n) is 4.80. The molecular formula is C21H29N3O3. The molecule has 1 amide bonds. The van der Waals surface area contributed by atoms with Crippen molar-refractivity contribution in [3.8, 4) is 5.75 Å². The Morgan fingerprint density at radius 1 is 1.37 bits per heavy atom. The lowest BCUT2D eigenvalue weighted by Crippen LogP contribution is -2.53. The van der Waals surface area contributed by atoms with Gasteiger partial charge in [-0.3, -0.25) is 4.79 Å². The molecule has 6 heteroatoms. The second-order valence-electron chi connectivity index (χ2n) is 7.85. The normalized spacial score (nSPS) is 21.4. The maximum atomic E-state index is 12.3. The van der Waals surface area contributed by atoms with Gasteiger partial charge in [0.25, 0.3) is 0 Å².